The van der Waals surface area contributed by atoms with Crippen molar-refractivity contribution in [3.63, 3.8) is 0 Å². The number of fused-ring (bicyclic) bond motifs is 1. The van der Waals surface area contributed by atoms with E-state index in [2.05, 4.69) is 35.8 Å². The van der Waals surface area contributed by atoms with Crippen molar-refractivity contribution in [1.29, 1.82) is 0 Å². The molecule has 2 aromatic rings. The maximum Gasteiger partial charge on any atom is 0.278 e. The highest BCUT2D eigenvalue weighted by Crippen LogP contribution is 2.40. The third kappa shape index (κ3) is 4.05. The predicted molar refractivity (Wildman–Crippen MR) is 114 cm³/mol. The fourth-order valence-electron chi connectivity index (χ4n) is 3.33. The van der Waals surface area contributed by atoms with Crippen LogP contribution in [0.3, 0.4) is 0 Å². The van der Waals surface area contributed by atoms with Crippen molar-refractivity contribution < 1.29 is 29.3 Å². The minimum Gasteiger partial charge on any atom is -0.543 e. The van der Waals surface area contributed by atoms with Crippen molar-refractivity contribution in [2.24, 2.45) is 5.16 Å². The number of pyridine rings is 1. The number of nitrogen functional groups attached to an aromatic ring is 1. The highest BCUT2D eigenvalue weighted by molar-refractivity contribution is 9.10. The number of β-lactam (4-membered cyclic amide) rings is 1. The number of nitrogens with two attached hydrogens (primary N) is 1. The van der Waals surface area contributed by atoms with Crippen LogP contribution in [0.25, 0.3) is 0 Å². The van der Waals surface area contributed by atoms with Gasteiger partial charge >= 0.3 is 0 Å². The van der Waals surface area contributed by atoms with E-state index in [1.165, 1.54) is 11.8 Å². The molecule has 4 N–H and O–H groups in total. The molecule has 0 saturated carbocycles. The number of thioether (sulfide) groups is 1. The van der Waals surface area contributed by atoms with E-state index < -0.39 is 34.9 Å². The maximum absolute atomic E-state index is 12.8. The van der Waals surface area contributed by atoms with E-state index in [4.69, 9.17) is 5.73 Å². The Hall–Kier alpha value is -3.04. The number of hydrogen-bond donors (Lipinski definition) is 3. The molecule has 0 spiro atoms. The number of carboxylic acid groups (broad SMARTS) is 1. The molecule has 1 fully saturated rings. The van der Waals surface area contributed by atoms with Gasteiger partial charge in [-0.05, 0) is 22.0 Å². The second-order valence-electron chi connectivity index (χ2n) is 6.70. The fourth-order valence-corrected chi connectivity index (χ4v) is 5.52. The first-order valence-electron chi connectivity index (χ1n) is 8.95. The van der Waals surface area contributed by atoms with Gasteiger partial charge in [-0.2, -0.15) is 13.9 Å². The van der Waals surface area contributed by atoms with E-state index in [9.17, 15) is 24.7 Å². The Labute approximate surface area is 197 Å². The molecule has 0 radical (unpaired) electrons. The summed E-state index contributed by atoms with van der Waals surface area (Å²) in [5.74, 6) is -2.85. The van der Waals surface area contributed by atoms with Crippen LogP contribution in [0.5, 0.6) is 0 Å². The molecule has 2 aromatic heterocycles. The van der Waals surface area contributed by atoms with Crippen molar-refractivity contribution in [1.82, 2.24) is 19.6 Å². The third-order valence-corrected chi connectivity index (χ3v) is 7.04. The second-order valence-corrected chi connectivity index (χ2v) is 9.50. The van der Waals surface area contributed by atoms with E-state index in [0.29, 0.717) is 11.3 Å². The van der Waals surface area contributed by atoms with Crippen molar-refractivity contribution in [2.75, 3.05) is 11.5 Å². The number of aromatic nitrogens is 3. The molecule has 0 bridgehead atoms. The van der Waals surface area contributed by atoms with Crippen LogP contribution >= 0.6 is 39.2 Å². The van der Waals surface area contributed by atoms with Gasteiger partial charge in [0, 0.05) is 28.9 Å². The van der Waals surface area contributed by atoms with Gasteiger partial charge in [-0.3, -0.25) is 14.5 Å². The normalized spacial score (nSPS) is 20.6. The number of amides is 2. The molecule has 2 aliphatic rings. The van der Waals surface area contributed by atoms with Crippen LogP contribution in [0.1, 0.15) is 5.82 Å². The molecule has 0 aromatic carbocycles. The molecule has 0 aliphatic carbocycles. The average molecular weight is 540 g/mol. The van der Waals surface area contributed by atoms with Gasteiger partial charge in [-0.15, -0.1) is 11.8 Å². The number of carbonyl (C=O) groups excluding carboxylic acids is 3. The predicted octanol–water partition coefficient (Wildman–Crippen LogP) is -1.55. The van der Waals surface area contributed by atoms with Crippen LogP contribution in [-0.4, -0.2) is 60.1 Å². The van der Waals surface area contributed by atoms with E-state index in [0.717, 1.165) is 20.9 Å². The van der Waals surface area contributed by atoms with Crippen molar-refractivity contribution in [3.8, 4) is 0 Å². The lowest BCUT2D eigenvalue weighted by Gasteiger charge is -2.50. The monoisotopic (exact) mass is 539 g/mol. The summed E-state index contributed by atoms with van der Waals surface area (Å²) in [7, 11) is 0. The summed E-state index contributed by atoms with van der Waals surface area (Å²) < 4.78 is 6.40. The molecule has 4 heterocycles. The number of nitrogens with zero attached hydrogens (tertiary/aromatic N) is 5. The summed E-state index contributed by atoms with van der Waals surface area (Å²) in [6.45, 7) is 0.252. The van der Waals surface area contributed by atoms with Gasteiger partial charge in [0.2, 0.25) is 11.5 Å². The van der Waals surface area contributed by atoms with Gasteiger partial charge in [0.1, 0.15) is 11.4 Å². The van der Waals surface area contributed by atoms with Crippen molar-refractivity contribution in [3.05, 3.63) is 46.1 Å². The lowest BCUT2D eigenvalue weighted by Crippen LogP contribution is -2.71. The Morgan fingerprint density at radius 1 is 1.50 bits per heavy atom. The Balaban J connectivity index is 1.53. The first-order chi connectivity index (χ1) is 15.3. The molecule has 15 heteroatoms. The Kier molecular flexibility index (Phi) is 6.12. The zero-order chi connectivity index (χ0) is 23.0. The smallest absolute Gasteiger partial charge is 0.278 e. The third-order valence-electron chi connectivity index (χ3n) is 4.69. The number of aliphatic carboxylic acids is 1. The number of halogens is 1. The summed E-state index contributed by atoms with van der Waals surface area (Å²) in [4.78, 5) is 42.0. The molecule has 32 heavy (non-hydrogen) atoms. The van der Waals surface area contributed by atoms with E-state index in [1.807, 2.05) is 6.07 Å². The van der Waals surface area contributed by atoms with Crippen molar-refractivity contribution in [2.45, 2.75) is 18.0 Å². The molecule has 12 nitrogen and oxygen atoms in total. The topological polar surface area (TPSA) is 178 Å². The second kappa shape index (κ2) is 8.84. The van der Waals surface area contributed by atoms with Gasteiger partial charge in [-0.25, -0.2) is 0 Å². The number of anilines is 1. The molecule has 2 atom stereocenters. The number of carbonyl (C=O) groups is 3. The molecular formula is C17H14BrN7O5S2. The Morgan fingerprint density at radius 2 is 2.28 bits per heavy atom. The van der Waals surface area contributed by atoms with Crippen LogP contribution in [-0.2, 0) is 20.9 Å². The molecule has 2 aliphatic heterocycles. The van der Waals surface area contributed by atoms with Gasteiger partial charge in [-0.1, -0.05) is 5.16 Å². The average Bonchev–Trinajstić information content (AvgIpc) is 3.17. The van der Waals surface area contributed by atoms with E-state index in [1.54, 1.807) is 23.0 Å². The zero-order valence-electron chi connectivity index (χ0n) is 16.0. The van der Waals surface area contributed by atoms with Gasteiger partial charge in [0.05, 0.1) is 16.1 Å². The first-order valence-corrected chi connectivity index (χ1v) is 11.6. The van der Waals surface area contributed by atoms with E-state index >= 15 is 0 Å². The maximum atomic E-state index is 12.8. The van der Waals surface area contributed by atoms with E-state index in [-0.39, 0.29) is 23.2 Å². The summed E-state index contributed by atoms with van der Waals surface area (Å²) in [5, 5.41) is 25.8. The highest BCUT2D eigenvalue weighted by atomic mass is 79.9. The quantitative estimate of drug-likeness (QED) is 0.129. The number of rotatable bonds is 6. The van der Waals surface area contributed by atoms with Crippen LogP contribution in [0.4, 0.5) is 5.13 Å². The molecule has 0 unspecified atom stereocenters. The number of carboxylic acids is 1. The fraction of sp³-hybridized carbons (Fsp3) is 0.235. The van der Waals surface area contributed by atoms with Crippen molar-refractivity contribution >= 4 is 67.9 Å². The van der Waals surface area contributed by atoms with Crippen LogP contribution in [0.2, 0.25) is 0 Å². The molecule has 166 valence electrons. The van der Waals surface area contributed by atoms with Gasteiger partial charge in [0.25, 0.3) is 11.8 Å². The minimum absolute atomic E-state index is 0.0715. The lowest BCUT2D eigenvalue weighted by atomic mass is 10.0. The van der Waals surface area contributed by atoms with Crippen LogP contribution in [0, 0.1) is 0 Å². The lowest BCUT2D eigenvalue weighted by molar-refractivity contribution is -0.689. The highest BCUT2D eigenvalue weighted by Gasteiger charge is 2.53. The summed E-state index contributed by atoms with van der Waals surface area (Å²) in [5.41, 5.74) is 5.27. The minimum atomic E-state index is -1.47. The van der Waals surface area contributed by atoms with Crippen LogP contribution < -0.4 is 20.7 Å². The Bertz CT molecular complexity index is 1180. The number of hydrogen-bond acceptors (Lipinski definition) is 11. The van der Waals surface area contributed by atoms with Crippen LogP contribution in [0.15, 0.2) is 45.4 Å². The molecule has 1 saturated heterocycles. The first kappa shape index (κ1) is 22.2. The standard InChI is InChI=1S/C17H14BrN7O5S2/c18-8-2-1-3-24(5-8)4-7-6-31-15-10(14(27)25(15)11(7)16(28)29)20-13(26)9(22-30)12-21-17(19)32-23-12/h1-3,5,10,15H,4,6H2,(H4-,19,20,21,23,26,28,29,30)/t10-,15+/m1/s1. The molecule has 4 rings (SSSR count). The summed E-state index contributed by atoms with van der Waals surface area (Å²) in [6.07, 6.45) is 3.56. The summed E-state index contributed by atoms with van der Waals surface area (Å²) >= 11 is 5.48. The zero-order valence-corrected chi connectivity index (χ0v) is 19.2. The SMILES string of the molecule is Nc1nc(/C(=N/O)C(=O)N[C@@H]2C(=O)N3C(C(=O)[O-])=C(C[n+]4cccc(Br)c4)CS[C@@H]23)ns1. The largest absolute Gasteiger partial charge is 0.543 e. The van der Waals surface area contributed by atoms with Gasteiger partial charge < -0.3 is 26.2 Å². The number of oxime groups is 1. The Morgan fingerprint density at radius 3 is 2.91 bits per heavy atom. The number of nitrogens with one attached hydrogen (secondary N) is 1. The summed E-state index contributed by atoms with van der Waals surface area (Å²) in [6, 6.07) is 2.62. The van der Waals surface area contributed by atoms with Gasteiger partial charge in [0.15, 0.2) is 24.1 Å². The molecular weight excluding hydrogens is 526 g/mol. The molecule has 2 amide bonds.